The Morgan fingerprint density at radius 1 is 0.921 bits per heavy atom. The van der Waals surface area contributed by atoms with E-state index in [1.165, 1.54) is 36.4 Å². The van der Waals surface area contributed by atoms with Crippen molar-refractivity contribution in [2.45, 2.75) is 26.3 Å². The highest BCUT2D eigenvalue weighted by Gasteiger charge is 2.47. The molecule has 1 fully saturated rings. The Kier molecular flexibility index (Phi) is 7.34. The van der Waals surface area contributed by atoms with Crippen LogP contribution >= 0.6 is 0 Å². The number of ether oxygens (including phenoxy) is 2. The quantitative estimate of drug-likeness (QED) is 0.224. The Balaban J connectivity index is 1.77. The van der Waals surface area contributed by atoms with E-state index >= 15 is 0 Å². The molecule has 1 amide bonds. The van der Waals surface area contributed by atoms with Crippen LogP contribution in [0.5, 0.6) is 17.2 Å². The highest BCUT2D eigenvalue weighted by Crippen LogP contribution is 2.43. The number of carbonyl (C=O) groups excluding carboxylic acids is 2. The minimum Gasteiger partial charge on any atom is -0.508 e. The molecule has 3 aromatic rings. The van der Waals surface area contributed by atoms with Crippen molar-refractivity contribution >= 4 is 23.1 Å². The van der Waals surface area contributed by atoms with Gasteiger partial charge in [-0.3, -0.25) is 14.5 Å². The molecule has 38 heavy (non-hydrogen) atoms. The molecule has 1 heterocycles. The topological polar surface area (TPSA) is 96.3 Å². The molecule has 198 valence electrons. The molecule has 1 saturated heterocycles. The number of aromatic hydroxyl groups is 1. The molecule has 0 bridgehead atoms. The number of Topliss-reactive ketones (excluding diaryl/α,β-unsaturated/α-hetero) is 1. The van der Waals surface area contributed by atoms with Crippen LogP contribution in [0.1, 0.15) is 31.0 Å². The van der Waals surface area contributed by atoms with Gasteiger partial charge in [0.1, 0.15) is 23.0 Å². The fourth-order valence-corrected chi connectivity index (χ4v) is 4.01. The first-order valence-corrected chi connectivity index (χ1v) is 11.6. The Morgan fingerprint density at radius 2 is 1.50 bits per heavy atom. The standard InChI is InChI=1S/C28H24F3NO6/c1-16(2)15-37-21-11-5-18(6-12-21)25(34)23-24(17-3-9-20(33)10-4-17)32(27(36)26(23)35)19-7-13-22(14-8-19)38-28(29,30)31/h3-14,16,24,33-34H,15H2,1-2H3/b25-23+. The van der Waals surface area contributed by atoms with Gasteiger partial charge in [-0.25, -0.2) is 0 Å². The molecule has 10 heteroatoms. The van der Waals surface area contributed by atoms with Crippen LogP contribution < -0.4 is 14.4 Å². The van der Waals surface area contributed by atoms with Crippen LogP contribution in [0.3, 0.4) is 0 Å². The molecule has 2 N–H and O–H groups in total. The number of anilines is 1. The summed E-state index contributed by atoms with van der Waals surface area (Å²) >= 11 is 0. The third-order valence-corrected chi connectivity index (χ3v) is 5.71. The number of phenolic OH excluding ortho intramolecular Hbond substituents is 1. The Labute approximate surface area is 216 Å². The lowest BCUT2D eigenvalue weighted by Crippen LogP contribution is -2.29. The van der Waals surface area contributed by atoms with Crippen molar-refractivity contribution in [3.05, 3.63) is 89.5 Å². The first-order chi connectivity index (χ1) is 17.9. The van der Waals surface area contributed by atoms with Gasteiger partial charge in [0.15, 0.2) is 0 Å². The number of alkyl halides is 3. The highest BCUT2D eigenvalue weighted by molar-refractivity contribution is 6.51. The number of rotatable bonds is 7. The van der Waals surface area contributed by atoms with Crippen molar-refractivity contribution in [3.8, 4) is 17.2 Å². The number of halogens is 3. The van der Waals surface area contributed by atoms with Crippen molar-refractivity contribution in [2.24, 2.45) is 5.92 Å². The van der Waals surface area contributed by atoms with Crippen molar-refractivity contribution in [2.75, 3.05) is 11.5 Å². The molecule has 1 atom stereocenters. The van der Waals surface area contributed by atoms with Crippen LogP contribution in [0.2, 0.25) is 0 Å². The third kappa shape index (κ3) is 5.74. The maximum Gasteiger partial charge on any atom is 0.573 e. The van der Waals surface area contributed by atoms with Crippen molar-refractivity contribution in [1.82, 2.24) is 0 Å². The van der Waals surface area contributed by atoms with Gasteiger partial charge < -0.3 is 19.7 Å². The summed E-state index contributed by atoms with van der Waals surface area (Å²) in [6.07, 6.45) is -4.90. The summed E-state index contributed by atoms with van der Waals surface area (Å²) in [6.45, 7) is 4.49. The summed E-state index contributed by atoms with van der Waals surface area (Å²) in [6, 6.07) is 15.4. The summed E-state index contributed by atoms with van der Waals surface area (Å²) in [5, 5.41) is 20.9. The van der Waals surface area contributed by atoms with Gasteiger partial charge in [0.2, 0.25) is 0 Å². The second-order valence-electron chi connectivity index (χ2n) is 9.03. The monoisotopic (exact) mass is 527 g/mol. The van der Waals surface area contributed by atoms with E-state index in [0.29, 0.717) is 23.8 Å². The second kappa shape index (κ2) is 10.5. The number of ketones is 1. The van der Waals surface area contributed by atoms with Crippen LogP contribution in [-0.2, 0) is 9.59 Å². The largest absolute Gasteiger partial charge is 0.573 e. The minimum absolute atomic E-state index is 0.0589. The number of hydrogen-bond donors (Lipinski definition) is 2. The molecule has 3 aromatic carbocycles. The van der Waals surface area contributed by atoms with Gasteiger partial charge in [0.05, 0.1) is 18.2 Å². The summed E-state index contributed by atoms with van der Waals surface area (Å²) in [7, 11) is 0. The summed E-state index contributed by atoms with van der Waals surface area (Å²) in [5.74, 6) is -2.08. The summed E-state index contributed by atoms with van der Waals surface area (Å²) in [4.78, 5) is 27.4. The van der Waals surface area contributed by atoms with Crippen molar-refractivity contribution < 1.29 is 42.4 Å². The molecular formula is C28H24F3NO6. The van der Waals surface area contributed by atoms with E-state index in [1.54, 1.807) is 24.3 Å². The number of benzene rings is 3. The molecule has 7 nitrogen and oxygen atoms in total. The minimum atomic E-state index is -4.90. The molecule has 1 unspecified atom stereocenters. The van der Waals surface area contributed by atoms with Crippen LogP contribution in [-0.4, -0.2) is 34.9 Å². The molecular weight excluding hydrogens is 503 g/mol. The average Bonchev–Trinajstić information content (AvgIpc) is 3.13. The zero-order valence-corrected chi connectivity index (χ0v) is 20.4. The molecule has 0 radical (unpaired) electrons. The zero-order valence-electron chi connectivity index (χ0n) is 20.4. The van der Waals surface area contributed by atoms with E-state index in [1.807, 2.05) is 13.8 Å². The van der Waals surface area contributed by atoms with Gasteiger partial charge in [0.25, 0.3) is 11.7 Å². The number of phenols is 1. The van der Waals surface area contributed by atoms with Crippen molar-refractivity contribution in [1.29, 1.82) is 0 Å². The Hall–Kier alpha value is -4.47. The number of carbonyl (C=O) groups is 2. The van der Waals surface area contributed by atoms with E-state index in [9.17, 15) is 33.0 Å². The first-order valence-electron chi connectivity index (χ1n) is 11.6. The third-order valence-electron chi connectivity index (χ3n) is 5.71. The molecule has 1 aliphatic rings. The number of hydrogen-bond acceptors (Lipinski definition) is 6. The van der Waals surface area contributed by atoms with Crippen LogP contribution in [0.15, 0.2) is 78.4 Å². The van der Waals surface area contributed by atoms with Crippen LogP contribution in [0.4, 0.5) is 18.9 Å². The normalized spacial score (nSPS) is 17.2. The number of nitrogens with zero attached hydrogens (tertiary/aromatic N) is 1. The molecule has 1 aliphatic heterocycles. The predicted octanol–water partition coefficient (Wildman–Crippen LogP) is 5.95. The first kappa shape index (κ1) is 26.6. The smallest absolute Gasteiger partial charge is 0.508 e. The SMILES string of the molecule is CC(C)COc1ccc(/C(O)=C2\C(=O)C(=O)N(c3ccc(OC(F)(F)F)cc3)C2c2ccc(O)cc2)cc1. The molecule has 0 aromatic heterocycles. The van der Waals surface area contributed by atoms with Crippen molar-refractivity contribution in [3.63, 3.8) is 0 Å². The van der Waals surface area contributed by atoms with E-state index in [0.717, 1.165) is 17.0 Å². The zero-order chi connectivity index (χ0) is 27.6. The fraction of sp³-hybridized carbons (Fsp3) is 0.214. The van der Waals surface area contributed by atoms with Gasteiger partial charge in [-0.1, -0.05) is 26.0 Å². The van der Waals surface area contributed by atoms with E-state index in [4.69, 9.17) is 4.74 Å². The van der Waals surface area contributed by atoms with Gasteiger partial charge >= 0.3 is 6.36 Å². The number of aliphatic hydroxyl groups is 1. The molecule has 0 saturated carbocycles. The fourth-order valence-electron chi connectivity index (χ4n) is 4.01. The molecule has 0 spiro atoms. The van der Waals surface area contributed by atoms with Gasteiger partial charge in [-0.15, -0.1) is 13.2 Å². The lowest BCUT2D eigenvalue weighted by Gasteiger charge is -2.25. The highest BCUT2D eigenvalue weighted by atomic mass is 19.4. The maximum atomic E-state index is 13.2. The van der Waals surface area contributed by atoms with Crippen LogP contribution in [0, 0.1) is 5.92 Å². The lowest BCUT2D eigenvalue weighted by molar-refractivity contribution is -0.274. The molecule has 4 rings (SSSR count). The van der Waals surface area contributed by atoms with Gasteiger partial charge in [-0.2, -0.15) is 0 Å². The Bertz CT molecular complexity index is 1350. The number of amides is 1. The predicted molar refractivity (Wildman–Crippen MR) is 133 cm³/mol. The Morgan fingerprint density at radius 3 is 2.05 bits per heavy atom. The summed E-state index contributed by atoms with van der Waals surface area (Å²) < 4.78 is 47.3. The molecule has 0 aliphatic carbocycles. The summed E-state index contributed by atoms with van der Waals surface area (Å²) in [5.41, 5.74) is 0.539. The van der Waals surface area contributed by atoms with Crippen LogP contribution in [0.25, 0.3) is 5.76 Å². The van der Waals surface area contributed by atoms with Gasteiger partial charge in [-0.05, 0) is 72.1 Å². The average molecular weight is 527 g/mol. The van der Waals surface area contributed by atoms with E-state index in [-0.39, 0.29) is 22.6 Å². The lowest BCUT2D eigenvalue weighted by atomic mass is 9.95. The maximum absolute atomic E-state index is 13.2. The van der Waals surface area contributed by atoms with Gasteiger partial charge in [0, 0.05) is 11.3 Å². The van der Waals surface area contributed by atoms with E-state index < -0.39 is 35.6 Å². The van der Waals surface area contributed by atoms with E-state index in [2.05, 4.69) is 4.74 Å². The number of aliphatic hydroxyl groups excluding tert-OH is 1. The second-order valence-corrected chi connectivity index (χ2v) is 9.03.